The van der Waals surface area contributed by atoms with Crippen molar-refractivity contribution in [2.24, 2.45) is 5.92 Å². The fraction of sp³-hybridized carbons (Fsp3) is 0.591. The molecule has 0 bridgehead atoms. The molecule has 1 amide bonds. The van der Waals surface area contributed by atoms with Crippen LogP contribution < -0.4 is 0 Å². The van der Waals surface area contributed by atoms with Crippen molar-refractivity contribution in [2.45, 2.75) is 44.4 Å². The SMILES string of the molecule is CN1CCC(Cc2noc([C@@H]3CCC(=O)N(CCc4ccccc4)C3)n2)CC1. The standard InChI is InChI=1S/C22H30N4O2/c1-25-12-9-18(10-13-25)15-20-23-22(28-24-20)19-7-8-21(27)26(16-19)14-11-17-5-3-2-4-6-17/h2-6,18-19H,7-16H2,1H3/t19-/m1/s1. The number of carbonyl (C=O) groups excluding carboxylic acids is 1. The Morgan fingerprint density at radius 1 is 1.14 bits per heavy atom. The van der Waals surface area contributed by atoms with E-state index in [1.54, 1.807) is 0 Å². The van der Waals surface area contributed by atoms with Gasteiger partial charge in [0, 0.05) is 25.9 Å². The van der Waals surface area contributed by atoms with Crippen LogP contribution in [0.25, 0.3) is 0 Å². The quantitative estimate of drug-likeness (QED) is 0.769. The smallest absolute Gasteiger partial charge is 0.231 e. The fourth-order valence-corrected chi connectivity index (χ4v) is 4.28. The van der Waals surface area contributed by atoms with Gasteiger partial charge in [-0.1, -0.05) is 35.5 Å². The number of aromatic nitrogens is 2. The van der Waals surface area contributed by atoms with Gasteiger partial charge in [-0.3, -0.25) is 4.79 Å². The van der Waals surface area contributed by atoms with Gasteiger partial charge in [0.1, 0.15) is 0 Å². The molecule has 1 atom stereocenters. The summed E-state index contributed by atoms with van der Waals surface area (Å²) in [4.78, 5) is 21.4. The van der Waals surface area contributed by atoms with Crippen molar-refractivity contribution in [3.63, 3.8) is 0 Å². The average Bonchev–Trinajstić information content (AvgIpc) is 3.18. The lowest BCUT2D eigenvalue weighted by Crippen LogP contribution is -2.40. The lowest BCUT2D eigenvalue weighted by Gasteiger charge is -2.31. The molecule has 150 valence electrons. The number of rotatable bonds is 6. The summed E-state index contributed by atoms with van der Waals surface area (Å²) in [5.74, 6) is 2.58. The van der Waals surface area contributed by atoms with E-state index >= 15 is 0 Å². The topological polar surface area (TPSA) is 62.5 Å². The lowest BCUT2D eigenvalue weighted by atomic mass is 9.93. The number of nitrogens with zero attached hydrogens (tertiary/aromatic N) is 4. The van der Waals surface area contributed by atoms with E-state index in [0.29, 0.717) is 24.8 Å². The number of hydrogen-bond acceptors (Lipinski definition) is 5. The maximum atomic E-state index is 12.3. The van der Waals surface area contributed by atoms with Crippen LogP contribution in [0.4, 0.5) is 0 Å². The molecule has 0 saturated carbocycles. The molecular formula is C22H30N4O2. The molecule has 1 aromatic carbocycles. The summed E-state index contributed by atoms with van der Waals surface area (Å²) in [6, 6.07) is 10.3. The first kappa shape index (κ1) is 19.1. The molecule has 3 heterocycles. The van der Waals surface area contributed by atoms with E-state index in [2.05, 4.69) is 29.2 Å². The minimum absolute atomic E-state index is 0.159. The molecule has 2 aliphatic heterocycles. The maximum Gasteiger partial charge on any atom is 0.231 e. The molecule has 6 heteroatoms. The van der Waals surface area contributed by atoms with Crippen LogP contribution in [0.15, 0.2) is 34.9 Å². The van der Waals surface area contributed by atoms with Crippen molar-refractivity contribution in [1.82, 2.24) is 19.9 Å². The Bertz CT molecular complexity index is 768. The highest BCUT2D eigenvalue weighted by Crippen LogP contribution is 2.27. The molecule has 28 heavy (non-hydrogen) atoms. The van der Waals surface area contributed by atoms with Gasteiger partial charge in [-0.2, -0.15) is 4.98 Å². The van der Waals surface area contributed by atoms with Crippen LogP contribution in [0.1, 0.15) is 48.9 Å². The zero-order valence-electron chi connectivity index (χ0n) is 16.7. The van der Waals surface area contributed by atoms with Gasteiger partial charge in [-0.05, 0) is 57.3 Å². The average molecular weight is 383 g/mol. The first-order chi connectivity index (χ1) is 13.7. The Kier molecular flexibility index (Phi) is 6.05. The van der Waals surface area contributed by atoms with Crippen molar-refractivity contribution in [3.05, 3.63) is 47.6 Å². The first-order valence-electron chi connectivity index (χ1n) is 10.5. The van der Waals surface area contributed by atoms with Gasteiger partial charge in [0.25, 0.3) is 0 Å². The number of amides is 1. The minimum Gasteiger partial charge on any atom is -0.342 e. The fourth-order valence-electron chi connectivity index (χ4n) is 4.28. The first-order valence-corrected chi connectivity index (χ1v) is 10.5. The van der Waals surface area contributed by atoms with E-state index < -0.39 is 0 Å². The zero-order valence-corrected chi connectivity index (χ0v) is 16.7. The minimum atomic E-state index is 0.159. The Morgan fingerprint density at radius 3 is 2.71 bits per heavy atom. The van der Waals surface area contributed by atoms with Crippen LogP contribution >= 0.6 is 0 Å². The molecule has 2 aromatic rings. The van der Waals surface area contributed by atoms with Gasteiger partial charge >= 0.3 is 0 Å². The third-order valence-corrected chi connectivity index (χ3v) is 6.16. The van der Waals surface area contributed by atoms with Crippen molar-refractivity contribution < 1.29 is 9.32 Å². The monoisotopic (exact) mass is 382 g/mol. The van der Waals surface area contributed by atoms with Gasteiger partial charge in [-0.25, -0.2) is 0 Å². The van der Waals surface area contributed by atoms with E-state index in [1.807, 2.05) is 23.1 Å². The normalized spacial score (nSPS) is 22.0. The largest absolute Gasteiger partial charge is 0.342 e. The van der Waals surface area contributed by atoms with Gasteiger partial charge in [0.15, 0.2) is 5.82 Å². The Morgan fingerprint density at radius 2 is 1.93 bits per heavy atom. The van der Waals surface area contributed by atoms with Crippen molar-refractivity contribution in [3.8, 4) is 0 Å². The summed E-state index contributed by atoms with van der Waals surface area (Å²) in [6.45, 7) is 3.73. The molecule has 0 radical (unpaired) electrons. The van der Waals surface area contributed by atoms with E-state index in [4.69, 9.17) is 9.51 Å². The highest BCUT2D eigenvalue weighted by Gasteiger charge is 2.30. The van der Waals surface area contributed by atoms with Crippen LogP contribution in [0.3, 0.4) is 0 Å². The lowest BCUT2D eigenvalue weighted by molar-refractivity contribution is -0.133. The summed E-state index contributed by atoms with van der Waals surface area (Å²) in [7, 11) is 2.18. The summed E-state index contributed by atoms with van der Waals surface area (Å²) in [6.07, 6.45) is 5.55. The molecule has 1 aromatic heterocycles. The molecule has 0 unspecified atom stereocenters. The van der Waals surface area contributed by atoms with Crippen LogP contribution in [-0.4, -0.2) is 59.1 Å². The van der Waals surface area contributed by atoms with Gasteiger partial charge in [-0.15, -0.1) is 0 Å². The molecule has 2 saturated heterocycles. The number of carbonyl (C=O) groups is 1. The predicted molar refractivity (Wildman–Crippen MR) is 107 cm³/mol. The Balaban J connectivity index is 1.32. The number of hydrogen-bond donors (Lipinski definition) is 0. The van der Waals surface area contributed by atoms with E-state index in [1.165, 1.54) is 18.4 Å². The second-order valence-electron chi connectivity index (χ2n) is 8.31. The maximum absolute atomic E-state index is 12.3. The van der Waals surface area contributed by atoms with Gasteiger partial charge < -0.3 is 14.3 Å². The van der Waals surface area contributed by atoms with Crippen LogP contribution in [-0.2, 0) is 17.6 Å². The predicted octanol–water partition coefficient (Wildman–Crippen LogP) is 2.90. The van der Waals surface area contributed by atoms with E-state index in [9.17, 15) is 4.79 Å². The van der Waals surface area contributed by atoms with Crippen LogP contribution in [0.2, 0.25) is 0 Å². The molecule has 6 nitrogen and oxygen atoms in total. The highest BCUT2D eigenvalue weighted by molar-refractivity contribution is 5.77. The van der Waals surface area contributed by atoms with Crippen LogP contribution in [0.5, 0.6) is 0 Å². The molecule has 2 aliphatic rings. The molecule has 2 fully saturated rings. The molecular weight excluding hydrogens is 352 g/mol. The van der Waals surface area contributed by atoms with Crippen LogP contribution in [0, 0.1) is 5.92 Å². The third kappa shape index (κ3) is 4.79. The van der Waals surface area contributed by atoms with Gasteiger partial charge in [0.2, 0.25) is 11.8 Å². The van der Waals surface area contributed by atoms with E-state index in [-0.39, 0.29) is 11.8 Å². The summed E-state index contributed by atoms with van der Waals surface area (Å²) in [5.41, 5.74) is 1.26. The summed E-state index contributed by atoms with van der Waals surface area (Å²) in [5, 5.41) is 4.24. The second kappa shape index (κ2) is 8.86. The zero-order chi connectivity index (χ0) is 19.3. The van der Waals surface area contributed by atoms with Gasteiger partial charge in [0.05, 0.1) is 5.92 Å². The van der Waals surface area contributed by atoms with Crippen molar-refractivity contribution >= 4 is 5.91 Å². The molecule has 0 spiro atoms. The number of benzene rings is 1. The highest BCUT2D eigenvalue weighted by atomic mass is 16.5. The Labute approximate surface area is 166 Å². The number of piperidine rings is 2. The Hall–Kier alpha value is -2.21. The molecule has 0 N–H and O–H groups in total. The number of likely N-dealkylation sites (tertiary alicyclic amines) is 2. The molecule has 0 aliphatic carbocycles. The molecule has 4 rings (SSSR count). The summed E-state index contributed by atoms with van der Waals surface area (Å²) < 4.78 is 5.60. The van der Waals surface area contributed by atoms with E-state index in [0.717, 1.165) is 44.7 Å². The summed E-state index contributed by atoms with van der Waals surface area (Å²) >= 11 is 0. The third-order valence-electron chi connectivity index (χ3n) is 6.16. The van der Waals surface area contributed by atoms with Crippen molar-refractivity contribution in [1.29, 1.82) is 0 Å². The van der Waals surface area contributed by atoms with Crippen molar-refractivity contribution in [2.75, 3.05) is 33.2 Å². The second-order valence-corrected chi connectivity index (χ2v) is 8.31.